The highest BCUT2D eigenvalue weighted by Gasteiger charge is 2.19. The molecule has 0 amide bonds. The zero-order valence-corrected chi connectivity index (χ0v) is 13.0. The molecule has 1 aromatic rings. The normalized spacial score (nSPS) is 20.4. The Balaban J connectivity index is 2.04. The van der Waals surface area contributed by atoms with Crippen LogP contribution >= 0.6 is 11.6 Å². The molecule has 1 heterocycles. The second-order valence-corrected chi connectivity index (χ2v) is 6.14. The van der Waals surface area contributed by atoms with E-state index in [1.165, 1.54) is 6.42 Å². The maximum Gasteiger partial charge on any atom is 0.101 e. The highest BCUT2D eigenvalue weighted by Crippen LogP contribution is 2.24. The van der Waals surface area contributed by atoms with Gasteiger partial charge in [-0.25, -0.2) is 0 Å². The highest BCUT2D eigenvalue weighted by molar-refractivity contribution is 6.30. The average molecular weight is 292 g/mol. The first-order valence-electron chi connectivity index (χ1n) is 7.30. The first-order valence-corrected chi connectivity index (χ1v) is 7.68. The van der Waals surface area contributed by atoms with E-state index in [0.29, 0.717) is 22.7 Å². The quantitative estimate of drug-likeness (QED) is 0.918. The lowest BCUT2D eigenvalue weighted by molar-refractivity contribution is 0.230. The molecular formula is C16H22ClN3. The second-order valence-electron chi connectivity index (χ2n) is 5.70. The summed E-state index contributed by atoms with van der Waals surface area (Å²) in [7, 11) is 0. The van der Waals surface area contributed by atoms with E-state index in [1.807, 2.05) is 6.07 Å². The zero-order valence-electron chi connectivity index (χ0n) is 12.2. The molecule has 0 radical (unpaired) electrons. The van der Waals surface area contributed by atoms with Crippen molar-refractivity contribution in [3.63, 3.8) is 0 Å². The van der Waals surface area contributed by atoms with Crippen LogP contribution < -0.4 is 5.32 Å². The van der Waals surface area contributed by atoms with Crippen molar-refractivity contribution in [2.24, 2.45) is 0 Å². The van der Waals surface area contributed by atoms with E-state index in [4.69, 9.17) is 16.9 Å². The van der Waals surface area contributed by atoms with Gasteiger partial charge in [0, 0.05) is 23.7 Å². The van der Waals surface area contributed by atoms with Crippen LogP contribution in [0.1, 0.15) is 38.7 Å². The number of hydrogen-bond acceptors (Lipinski definition) is 3. The minimum atomic E-state index is 0.421. The van der Waals surface area contributed by atoms with Crippen LogP contribution in [0.3, 0.4) is 0 Å². The summed E-state index contributed by atoms with van der Waals surface area (Å²) in [5, 5.41) is 13.3. The van der Waals surface area contributed by atoms with E-state index in [9.17, 15) is 0 Å². The standard InChI is InChI=1S/C16H22ClN3/c1-12(2)20-8-3-4-15(7-9-20)19-16-10-14(17)6-5-13(16)11-18/h5-6,10,12,15,19H,3-4,7-9H2,1-2H3. The molecule has 0 aromatic heterocycles. The molecular weight excluding hydrogens is 270 g/mol. The van der Waals surface area contributed by atoms with Crippen molar-refractivity contribution in [2.75, 3.05) is 18.4 Å². The largest absolute Gasteiger partial charge is 0.381 e. The first kappa shape index (κ1) is 15.2. The van der Waals surface area contributed by atoms with E-state index in [2.05, 4.69) is 30.1 Å². The molecule has 4 heteroatoms. The molecule has 1 saturated heterocycles. The summed E-state index contributed by atoms with van der Waals surface area (Å²) in [4.78, 5) is 2.52. The van der Waals surface area contributed by atoms with Gasteiger partial charge < -0.3 is 10.2 Å². The number of halogens is 1. The predicted octanol–water partition coefficient (Wildman–Crippen LogP) is 3.89. The monoisotopic (exact) mass is 291 g/mol. The fourth-order valence-corrected chi connectivity index (χ4v) is 2.90. The summed E-state index contributed by atoms with van der Waals surface area (Å²) in [5.74, 6) is 0. The zero-order chi connectivity index (χ0) is 14.5. The molecule has 1 atom stereocenters. The van der Waals surface area contributed by atoms with E-state index in [1.54, 1.807) is 12.1 Å². The molecule has 2 rings (SSSR count). The van der Waals surface area contributed by atoms with Crippen LogP contribution in [0, 0.1) is 11.3 Å². The lowest BCUT2D eigenvalue weighted by atomic mass is 10.1. The van der Waals surface area contributed by atoms with Crippen LogP contribution in [-0.4, -0.2) is 30.1 Å². The van der Waals surface area contributed by atoms with Crippen molar-refractivity contribution >= 4 is 17.3 Å². The molecule has 1 N–H and O–H groups in total. The highest BCUT2D eigenvalue weighted by atomic mass is 35.5. The van der Waals surface area contributed by atoms with Gasteiger partial charge in [0.05, 0.1) is 11.3 Å². The van der Waals surface area contributed by atoms with E-state index in [-0.39, 0.29) is 0 Å². The number of anilines is 1. The lowest BCUT2D eigenvalue weighted by Gasteiger charge is -2.24. The summed E-state index contributed by atoms with van der Waals surface area (Å²) >= 11 is 6.03. The molecule has 0 saturated carbocycles. The number of benzene rings is 1. The van der Waals surface area contributed by atoms with Crippen LogP contribution in [0.4, 0.5) is 5.69 Å². The fraction of sp³-hybridized carbons (Fsp3) is 0.562. The van der Waals surface area contributed by atoms with E-state index < -0.39 is 0 Å². The molecule has 1 unspecified atom stereocenters. The van der Waals surface area contributed by atoms with Gasteiger partial charge in [-0.3, -0.25) is 0 Å². The number of nitriles is 1. The predicted molar refractivity (Wildman–Crippen MR) is 84.1 cm³/mol. The summed E-state index contributed by atoms with van der Waals surface area (Å²) in [6.45, 7) is 6.77. The van der Waals surface area contributed by atoms with Crippen LogP contribution in [-0.2, 0) is 0 Å². The van der Waals surface area contributed by atoms with Gasteiger partial charge in [-0.15, -0.1) is 0 Å². The SMILES string of the molecule is CC(C)N1CCCC(Nc2cc(Cl)ccc2C#N)CC1. The Morgan fingerprint density at radius 2 is 2.15 bits per heavy atom. The van der Waals surface area contributed by atoms with Gasteiger partial charge in [-0.2, -0.15) is 5.26 Å². The van der Waals surface area contributed by atoms with Crippen molar-refractivity contribution in [3.8, 4) is 6.07 Å². The molecule has 3 nitrogen and oxygen atoms in total. The summed E-state index contributed by atoms with van der Waals surface area (Å²) in [6.07, 6.45) is 3.44. The summed E-state index contributed by atoms with van der Waals surface area (Å²) in [6, 6.07) is 8.64. The Bertz CT molecular complexity index is 493. The number of likely N-dealkylation sites (tertiary alicyclic amines) is 1. The number of rotatable bonds is 3. The topological polar surface area (TPSA) is 39.1 Å². The van der Waals surface area contributed by atoms with E-state index in [0.717, 1.165) is 31.6 Å². The Hall–Kier alpha value is -1.24. The van der Waals surface area contributed by atoms with Crippen molar-refractivity contribution < 1.29 is 0 Å². The third-order valence-electron chi connectivity index (χ3n) is 3.95. The van der Waals surface area contributed by atoms with Gasteiger partial charge in [0.2, 0.25) is 0 Å². The molecule has 20 heavy (non-hydrogen) atoms. The van der Waals surface area contributed by atoms with Gasteiger partial charge in [0.1, 0.15) is 6.07 Å². The molecule has 0 spiro atoms. The minimum absolute atomic E-state index is 0.421. The number of hydrogen-bond donors (Lipinski definition) is 1. The van der Waals surface area contributed by atoms with Crippen LogP contribution in [0.2, 0.25) is 5.02 Å². The number of nitrogens with one attached hydrogen (secondary N) is 1. The van der Waals surface area contributed by atoms with Gasteiger partial charge in [-0.1, -0.05) is 11.6 Å². The fourth-order valence-electron chi connectivity index (χ4n) is 2.73. The van der Waals surface area contributed by atoms with Crippen molar-refractivity contribution in [2.45, 2.75) is 45.2 Å². The first-order chi connectivity index (χ1) is 9.60. The van der Waals surface area contributed by atoms with Gasteiger partial charge >= 0.3 is 0 Å². The molecule has 1 aliphatic rings. The molecule has 1 aliphatic heterocycles. The summed E-state index contributed by atoms with van der Waals surface area (Å²) < 4.78 is 0. The molecule has 1 fully saturated rings. The second kappa shape index (κ2) is 6.97. The van der Waals surface area contributed by atoms with Crippen LogP contribution in [0.15, 0.2) is 18.2 Å². The van der Waals surface area contributed by atoms with Crippen molar-refractivity contribution in [1.82, 2.24) is 4.90 Å². The smallest absolute Gasteiger partial charge is 0.101 e. The van der Waals surface area contributed by atoms with Crippen molar-refractivity contribution in [3.05, 3.63) is 28.8 Å². The molecule has 0 aliphatic carbocycles. The van der Waals surface area contributed by atoms with Gasteiger partial charge in [0.15, 0.2) is 0 Å². The van der Waals surface area contributed by atoms with Gasteiger partial charge in [-0.05, 0) is 57.9 Å². The number of nitrogens with zero attached hydrogens (tertiary/aromatic N) is 2. The van der Waals surface area contributed by atoms with Crippen LogP contribution in [0.25, 0.3) is 0 Å². The molecule has 108 valence electrons. The maximum absolute atomic E-state index is 9.17. The maximum atomic E-state index is 9.17. The third-order valence-corrected chi connectivity index (χ3v) is 4.19. The molecule has 1 aromatic carbocycles. The lowest BCUT2D eigenvalue weighted by Crippen LogP contribution is -2.32. The Morgan fingerprint density at radius 3 is 2.85 bits per heavy atom. The van der Waals surface area contributed by atoms with Gasteiger partial charge in [0.25, 0.3) is 0 Å². The molecule has 0 bridgehead atoms. The average Bonchev–Trinajstić information content (AvgIpc) is 2.65. The third kappa shape index (κ3) is 3.88. The van der Waals surface area contributed by atoms with Crippen LogP contribution in [0.5, 0.6) is 0 Å². The summed E-state index contributed by atoms with van der Waals surface area (Å²) in [5.41, 5.74) is 1.53. The van der Waals surface area contributed by atoms with Crippen molar-refractivity contribution in [1.29, 1.82) is 5.26 Å². The Kier molecular flexibility index (Phi) is 5.28. The minimum Gasteiger partial charge on any atom is -0.381 e. The van der Waals surface area contributed by atoms with E-state index >= 15 is 0 Å². The Morgan fingerprint density at radius 1 is 1.35 bits per heavy atom. The Labute approximate surface area is 126 Å².